The van der Waals surface area contributed by atoms with E-state index in [1.807, 2.05) is 119 Å². The minimum atomic E-state index is -0.446. The molecule has 1 aliphatic rings. The SMILES string of the molecule is CCOC(=O)Cc1ccc(-c2c[nH]c(=O)c3ccccc23)cc1.CCOC(=O)Cc1ccc(B2OC(C)(C)C(C)(C)O2)cc1.O=c1[nH]cc(Br)c2ccccc12.[Pd].c1ccc(P(c2ccccc2)c2ccccc2)cc1.c1ccc(P(c2ccccc2)c2ccccc2)cc1.c1ccc(P(c2ccccc2)c2ccccc2)cc1.c1ccc(P(c2ccccc2)c2ccccc2)cc1. The van der Waals surface area contributed by atoms with Gasteiger partial charge in [-0.15, -0.1) is 0 Å². The molecule has 1 aliphatic heterocycles. The van der Waals surface area contributed by atoms with Crippen LogP contribution in [0.1, 0.15) is 52.7 Å². The first-order valence-electron chi connectivity index (χ1n) is 44.1. The van der Waals surface area contributed by atoms with Gasteiger partial charge < -0.3 is 28.8 Å². The average Bonchev–Trinajstić information content (AvgIpc) is 1.64. The molecule has 19 rings (SSSR count). The van der Waals surface area contributed by atoms with Crippen LogP contribution in [0.3, 0.4) is 0 Å². The van der Waals surface area contributed by atoms with Crippen molar-refractivity contribution in [1.29, 1.82) is 0 Å². The van der Waals surface area contributed by atoms with Crippen molar-refractivity contribution in [1.82, 2.24) is 9.97 Å². The van der Waals surface area contributed by atoms with Crippen molar-refractivity contribution in [3.05, 3.63) is 510 Å². The molecule has 0 spiro atoms. The van der Waals surface area contributed by atoms with Gasteiger partial charge >= 0.3 is 19.1 Å². The Kier molecular flexibility index (Phi) is 38.7. The first kappa shape index (κ1) is 99.7. The molecular weight excluding hydrogens is 1870 g/mol. The molecular formula is C116H106BBrN2O8P4Pd. The number of carbonyl (C=O) groups excluding carboxylic acids is 2. The minimum absolute atomic E-state index is 0. The van der Waals surface area contributed by atoms with E-state index in [-0.39, 0.29) is 74.6 Å². The Bertz CT molecular complexity index is 5780. The Balaban J connectivity index is 0.000000140. The Labute approximate surface area is 809 Å². The van der Waals surface area contributed by atoms with Gasteiger partial charge in [-0.25, -0.2) is 0 Å². The molecule has 16 aromatic carbocycles. The fraction of sp³-hybridized carbons (Fsp3) is 0.103. The summed E-state index contributed by atoms with van der Waals surface area (Å²) in [6.45, 7) is 12.5. The number of H-pyrrole nitrogens is 2. The first-order chi connectivity index (χ1) is 64.5. The number of halogens is 1. The summed E-state index contributed by atoms with van der Waals surface area (Å²) in [4.78, 5) is 51.5. The molecule has 2 aromatic heterocycles. The Morgan fingerprint density at radius 1 is 0.293 bits per heavy atom. The zero-order valence-electron chi connectivity index (χ0n) is 75.2. The number of nitrogens with one attached hydrogen (secondary N) is 2. The van der Waals surface area contributed by atoms with Crippen molar-refractivity contribution < 1.29 is 48.8 Å². The quantitative estimate of drug-likeness (QED) is 0.0437. The van der Waals surface area contributed by atoms with Crippen LogP contribution in [-0.2, 0) is 61.6 Å². The zero-order chi connectivity index (χ0) is 92.1. The second-order valence-corrected chi connectivity index (χ2v) is 41.2. The molecule has 18 aromatic rings. The van der Waals surface area contributed by atoms with Crippen molar-refractivity contribution in [2.75, 3.05) is 13.2 Å². The number of rotatable bonds is 20. The summed E-state index contributed by atoms with van der Waals surface area (Å²) in [6, 6.07) is 160. The molecule has 0 bridgehead atoms. The monoisotopic (exact) mass is 1970 g/mol. The van der Waals surface area contributed by atoms with Crippen LogP contribution in [-0.4, -0.2) is 53.4 Å². The number of aromatic nitrogens is 2. The van der Waals surface area contributed by atoms with Crippen LogP contribution in [0.15, 0.2) is 487 Å². The van der Waals surface area contributed by atoms with E-state index in [1.54, 1.807) is 32.3 Å². The van der Waals surface area contributed by atoms with E-state index in [1.165, 1.54) is 63.7 Å². The molecule has 10 nitrogen and oxygen atoms in total. The fourth-order valence-corrected chi connectivity index (χ4v) is 24.3. The maximum Gasteiger partial charge on any atom is 0.494 e. The molecule has 0 radical (unpaired) electrons. The Morgan fingerprint density at radius 3 is 0.744 bits per heavy atom. The predicted octanol–water partition coefficient (Wildman–Crippen LogP) is 21.5. The number of pyridine rings is 2. The minimum Gasteiger partial charge on any atom is -0.466 e. The Hall–Kier alpha value is -12.3. The number of fused-ring (bicyclic) bond motifs is 2. The van der Waals surface area contributed by atoms with Crippen LogP contribution >= 0.6 is 47.6 Å². The van der Waals surface area contributed by atoms with Crippen LogP contribution in [0, 0.1) is 0 Å². The van der Waals surface area contributed by atoms with Gasteiger partial charge in [0.1, 0.15) is 0 Å². The molecule has 668 valence electrons. The predicted molar refractivity (Wildman–Crippen MR) is 566 cm³/mol. The van der Waals surface area contributed by atoms with Gasteiger partial charge in [0.25, 0.3) is 11.1 Å². The molecule has 1 saturated heterocycles. The van der Waals surface area contributed by atoms with Crippen molar-refractivity contribution in [3.8, 4) is 11.1 Å². The second-order valence-electron chi connectivity index (χ2n) is 31.4. The molecule has 0 saturated carbocycles. The molecule has 0 amide bonds. The van der Waals surface area contributed by atoms with E-state index in [0.29, 0.717) is 24.0 Å². The first-order valence-corrected chi connectivity index (χ1v) is 50.2. The van der Waals surface area contributed by atoms with Gasteiger partial charge in [0, 0.05) is 59.0 Å². The second kappa shape index (κ2) is 51.7. The van der Waals surface area contributed by atoms with E-state index in [4.69, 9.17) is 18.8 Å². The number of esters is 2. The topological polar surface area (TPSA) is 137 Å². The molecule has 133 heavy (non-hydrogen) atoms. The maximum atomic E-state index is 11.9. The van der Waals surface area contributed by atoms with Crippen molar-refractivity contribution in [3.63, 3.8) is 0 Å². The van der Waals surface area contributed by atoms with Gasteiger partial charge in [-0.05, 0) is 192 Å². The third kappa shape index (κ3) is 28.6. The summed E-state index contributed by atoms with van der Waals surface area (Å²) in [5.41, 5.74) is 3.91. The molecule has 0 atom stereocenters. The third-order valence-corrected chi connectivity index (χ3v) is 32.2. The number of hydrogen-bond donors (Lipinski definition) is 2. The van der Waals surface area contributed by atoms with Crippen LogP contribution < -0.4 is 80.2 Å². The summed E-state index contributed by atoms with van der Waals surface area (Å²) >= 11 is 3.36. The van der Waals surface area contributed by atoms with Gasteiger partial charge in [0.15, 0.2) is 0 Å². The van der Waals surface area contributed by atoms with Gasteiger partial charge in [-0.1, -0.05) is 449 Å². The van der Waals surface area contributed by atoms with E-state index in [9.17, 15) is 19.2 Å². The van der Waals surface area contributed by atoms with Crippen molar-refractivity contribution in [2.24, 2.45) is 0 Å². The number of ether oxygens (including phenoxy) is 2. The average molecular weight is 1980 g/mol. The summed E-state index contributed by atoms with van der Waals surface area (Å²) in [5, 5.41) is 20.0. The number of benzene rings is 16. The van der Waals surface area contributed by atoms with Crippen LogP contribution in [0.25, 0.3) is 32.7 Å². The van der Waals surface area contributed by atoms with Crippen LogP contribution in [0.4, 0.5) is 0 Å². The van der Waals surface area contributed by atoms with E-state index >= 15 is 0 Å². The standard InChI is InChI=1S/C19H17NO3.4C18H15P.C16H23BO4.C9H6BrNO.Pd/c1-2-23-18(21)11-13-7-9-14(10-8-13)17-12-20-19(22)16-6-4-3-5-15(16)17;4*1-4-10-16(11-5-1)19(17-12-6-2-7-13-17)18-14-8-3-9-15-18;1-6-19-14(18)11-12-7-9-13(10-8-12)17-20-15(2,3)16(4,5)21-17;10-8-5-11-9(12)7-4-2-1-3-6(7)8;/h3-10,12H,2,11H2,1H3,(H,20,22);4*1-15H;7-10H,6,11H2,1-5H3;1-5H,(H,11,12);. The van der Waals surface area contributed by atoms with E-state index in [0.717, 1.165) is 43.0 Å². The van der Waals surface area contributed by atoms with Gasteiger partial charge in [-0.2, -0.15) is 0 Å². The summed E-state index contributed by atoms with van der Waals surface area (Å²) < 4.78 is 22.8. The summed E-state index contributed by atoms with van der Waals surface area (Å²) in [5.74, 6) is -0.435. The molecule has 0 aliphatic carbocycles. The third-order valence-electron chi connectivity index (χ3n) is 21.8. The molecule has 17 heteroatoms. The van der Waals surface area contributed by atoms with Gasteiger partial charge in [-0.3, -0.25) is 19.2 Å². The van der Waals surface area contributed by atoms with Gasteiger partial charge in [0.05, 0.1) is 37.3 Å². The molecule has 0 unspecified atom stereocenters. The smallest absolute Gasteiger partial charge is 0.466 e. The molecule has 2 N–H and O–H groups in total. The maximum absolute atomic E-state index is 11.9. The van der Waals surface area contributed by atoms with Crippen molar-refractivity contribution >= 4 is 157 Å². The molecule has 3 heterocycles. The Morgan fingerprint density at radius 2 is 0.504 bits per heavy atom. The summed E-state index contributed by atoms with van der Waals surface area (Å²) in [7, 11) is -2.15. The van der Waals surface area contributed by atoms with E-state index < -0.39 is 31.7 Å². The number of aromatic amines is 2. The fourth-order valence-electron chi connectivity index (χ4n) is 14.7. The number of hydrogen-bond acceptors (Lipinski definition) is 8. The van der Waals surface area contributed by atoms with Gasteiger partial charge in [0.2, 0.25) is 0 Å². The zero-order valence-corrected chi connectivity index (χ0v) is 81.9. The molecule has 1 fully saturated rings. The van der Waals surface area contributed by atoms with Crippen molar-refractivity contribution in [2.45, 2.75) is 65.6 Å². The van der Waals surface area contributed by atoms with E-state index in [2.05, 4.69) is 390 Å². The van der Waals surface area contributed by atoms with Crippen LogP contribution in [0.2, 0.25) is 0 Å². The summed E-state index contributed by atoms with van der Waals surface area (Å²) in [6.07, 6.45) is 3.94. The normalized spacial score (nSPS) is 11.9. The largest absolute Gasteiger partial charge is 0.494 e. The number of carbonyl (C=O) groups is 2. The van der Waals surface area contributed by atoms with Crippen LogP contribution in [0.5, 0.6) is 0 Å².